The van der Waals surface area contributed by atoms with Crippen molar-refractivity contribution in [1.29, 1.82) is 0 Å². The number of methoxy groups -OCH3 is 1. The van der Waals surface area contributed by atoms with Gasteiger partial charge in [-0.3, -0.25) is 4.79 Å². The summed E-state index contributed by atoms with van der Waals surface area (Å²) in [6.07, 6.45) is 5.05. The van der Waals surface area contributed by atoms with Crippen LogP contribution in [0.3, 0.4) is 0 Å². The van der Waals surface area contributed by atoms with Crippen LogP contribution in [0.25, 0.3) is 0 Å². The molecule has 2 rings (SSSR count). The molecule has 1 amide bonds. The molecule has 0 radical (unpaired) electrons. The van der Waals surface area contributed by atoms with Crippen molar-refractivity contribution in [2.24, 2.45) is 0 Å². The van der Waals surface area contributed by atoms with Crippen LogP contribution in [-0.4, -0.2) is 37.3 Å². The number of hydrogen-bond donors (Lipinski definition) is 1. The SMILES string of the molecule is CCCOC1(C(=O)Nc2ccc(O[C@H](C)CC)c(C(=O)OC)c2)CCCC1. The minimum absolute atomic E-state index is 0.0296. The van der Waals surface area contributed by atoms with Crippen molar-refractivity contribution in [3.63, 3.8) is 0 Å². The quantitative estimate of drug-likeness (QED) is 0.649. The lowest BCUT2D eigenvalue weighted by atomic mass is 10.0. The molecular weight excluding hydrogens is 346 g/mol. The van der Waals surface area contributed by atoms with Crippen LogP contribution in [0.2, 0.25) is 0 Å². The molecule has 1 aromatic carbocycles. The van der Waals surface area contributed by atoms with Gasteiger partial charge in [-0.15, -0.1) is 0 Å². The van der Waals surface area contributed by atoms with E-state index < -0.39 is 11.6 Å². The third-order valence-electron chi connectivity index (χ3n) is 4.95. The molecular formula is C21H31NO5. The van der Waals surface area contributed by atoms with E-state index in [2.05, 4.69) is 5.32 Å². The second kappa shape index (κ2) is 9.74. The molecule has 1 fully saturated rings. The smallest absolute Gasteiger partial charge is 0.341 e. The first kappa shape index (κ1) is 21.2. The van der Waals surface area contributed by atoms with Crippen molar-refractivity contribution in [2.75, 3.05) is 19.0 Å². The van der Waals surface area contributed by atoms with Gasteiger partial charge in [-0.25, -0.2) is 4.79 Å². The summed E-state index contributed by atoms with van der Waals surface area (Å²) in [4.78, 5) is 25.1. The predicted octanol–water partition coefficient (Wildman–Crippen LogP) is 4.33. The maximum Gasteiger partial charge on any atom is 0.341 e. The van der Waals surface area contributed by atoms with Gasteiger partial charge >= 0.3 is 5.97 Å². The number of anilines is 1. The zero-order chi connectivity index (χ0) is 19.9. The summed E-state index contributed by atoms with van der Waals surface area (Å²) in [5, 5.41) is 2.92. The second-order valence-corrected chi connectivity index (χ2v) is 7.04. The van der Waals surface area contributed by atoms with E-state index >= 15 is 0 Å². The van der Waals surface area contributed by atoms with Gasteiger partial charge in [-0.2, -0.15) is 0 Å². The van der Waals surface area contributed by atoms with Gasteiger partial charge in [0, 0.05) is 12.3 Å². The molecule has 150 valence electrons. The summed E-state index contributed by atoms with van der Waals surface area (Å²) in [5.74, 6) is -0.200. The standard InChI is InChI=1S/C21H31NO5/c1-5-13-26-21(11-7-8-12-21)20(24)22-16-9-10-18(27-15(3)6-2)17(14-16)19(23)25-4/h9-10,14-15H,5-8,11-13H2,1-4H3,(H,22,24)/t15-/m1/s1. The number of esters is 1. The lowest BCUT2D eigenvalue weighted by Crippen LogP contribution is -2.43. The second-order valence-electron chi connectivity index (χ2n) is 7.04. The van der Waals surface area contributed by atoms with Gasteiger partial charge in [-0.05, 0) is 63.6 Å². The Bertz CT molecular complexity index is 652. The molecule has 1 atom stereocenters. The van der Waals surface area contributed by atoms with Gasteiger partial charge in [-0.1, -0.05) is 13.8 Å². The van der Waals surface area contributed by atoms with E-state index in [4.69, 9.17) is 14.2 Å². The number of nitrogens with one attached hydrogen (secondary N) is 1. The van der Waals surface area contributed by atoms with Crippen LogP contribution in [0.15, 0.2) is 18.2 Å². The van der Waals surface area contributed by atoms with Crippen molar-refractivity contribution < 1.29 is 23.8 Å². The van der Waals surface area contributed by atoms with Gasteiger partial charge in [0.25, 0.3) is 5.91 Å². The minimum Gasteiger partial charge on any atom is -0.490 e. The van der Waals surface area contributed by atoms with Crippen LogP contribution >= 0.6 is 0 Å². The molecule has 0 aromatic heterocycles. The highest BCUT2D eigenvalue weighted by atomic mass is 16.5. The first-order chi connectivity index (χ1) is 13.0. The molecule has 1 aliphatic rings. The number of amides is 1. The molecule has 0 spiro atoms. The molecule has 1 aromatic rings. The Kier molecular flexibility index (Phi) is 7.66. The zero-order valence-corrected chi connectivity index (χ0v) is 16.8. The molecule has 0 saturated heterocycles. The van der Waals surface area contributed by atoms with Gasteiger partial charge in [0.1, 0.15) is 16.9 Å². The highest BCUT2D eigenvalue weighted by Crippen LogP contribution is 2.35. The maximum atomic E-state index is 12.9. The van der Waals surface area contributed by atoms with E-state index in [1.165, 1.54) is 7.11 Å². The Hall–Kier alpha value is -2.08. The first-order valence-electron chi connectivity index (χ1n) is 9.80. The van der Waals surface area contributed by atoms with Gasteiger partial charge in [0.2, 0.25) is 0 Å². The summed E-state index contributed by atoms with van der Waals surface area (Å²) < 4.78 is 16.6. The normalized spacial score (nSPS) is 16.6. The molecule has 0 heterocycles. The monoisotopic (exact) mass is 377 g/mol. The summed E-state index contributed by atoms with van der Waals surface area (Å²) in [7, 11) is 1.33. The molecule has 0 unspecified atom stereocenters. The molecule has 6 heteroatoms. The summed E-state index contributed by atoms with van der Waals surface area (Å²) >= 11 is 0. The highest BCUT2D eigenvalue weighted by molar-refractivity contribution is 5.99. The Balaban J connectivity index is 2.22. The number of ether oxygens (including phenoxy) is 3. The van der Waals surface area contributed by atoms with Crippen LogP contribution in [0.1, 0.15) is 69.7 Å². The van der Waals surface area contributed by atoms with Crippen LogP contribution in [0.5, 0.6) is 5.75 Å². The van der Waals surface area contributed by atoms with E-state index in [9.17, 15) is 9.59 Å². The molecule has 1 aliphatic carbocycles. The van der Waals surface area contributed by atoms with Crippen molar-refractivity contribution in [3.8, 4) is 5.75 Å². The molecule has 0 aliphatic heterocycles. The average molecular weight is 377 g/mol. The van der Waals surface area contributed by atoms with Crippen molar-refractivity contribution in [1.82, 2.24) is 0 Å². The lowest BCUT2D eigenvalue weighted by Gasteiger charge is -2.28. The van der Waals surface area contributed by atoms with Crippen LogP contribution in [0, 0.1) is 0 Å². The Morgan fingerprint density at radius 1 is 1.22 bits per heavy atom. The molecule has 1 N–H and O–H groups in total. The van der Waals surface area contributed by atoms with Crippen molar-refractivity contribution >= 4 is 17.6 Å². The fourth-order valence-electron chi connectivity index (χ4n) is 3.21. The van der Waals surface area contributed by atoms with Gasteiger partial charge < -0.3 is 19.5 Å². The van der Waals surface area contributed by atoms with Crippen LogP contribution in [0.4, 0.5) is 5.69 Å². The largest absolute Gasteiger partial charge is 0.490 e. The number of rotatable bonds is 9. The van der Waals surface area contributed by atoms with Crippen LogP contribution < -0.4 is 10.1 Å². The molecule has 6 nitrogen and oxygen atoms in total. The third-order valence-corrected chi connectivity index (χ3v) is 4.95. The fraction of sp³-hybridized carbons (Fsp3) is 0.619. The van der Waals surface area contributed by atoms with Gasteiger partial charge in [0.15, 0.2) is 0 Å². The number of hydrogen-bond acceptors (Lipinski definition) is 5. The average Bonchev–Trinajstić information content (AvgIpc) is 3.17. The van der Waals surface area contributed by atoms with E-state index in [1.54, 1.807) is 18.2 Å². The number of carbonyl (C=O) groups is 2. The number of carbonyl (C=O) groups excluding carboxylic acids is 2. The van der Waals surface area contributed by atoms with E-state index in [0.29, 0.717) is 23.6 Å². The van der Waals surface area contributed by atoms with Crippen molar-refractivity contribution in [2.45, 2.75) is 71.0 Å². The fourth-order valence-corrected chi connectivity index (χ4v) is 3.21. The van der Waals surface area contributed by atoms with E-state index in [-0.39, 0.29) is 12.0 Å². The van der Waals surface area contributed by atoms with E-state index in [0.717, 1.165) is 38.5 Å². The van der Waals surface area contributed by atoms with E-state index in [1.807, 2.05) is 20.8 Å². The van der Waals surface area contributed by atoms with Crippen LogP contribution in [-0.2, 0) is 14.3 Å². The third kappa shape index (κ3) is 5.22. The molecule has 27 heavy (non-hydrogen) atoms. The van der Waals surface area contributed by atoms with Gasteiger partial charge in [0.05, 0.1) is 13.2 Å². The molecule has 0 bridgehead atoms. The summed E-state index contributed by atoms with van der Waals surface area (Å²) in [6, 6.07) is 5.04. The van der Waals surface area contributed by atoms with Crippen molar-refractivity contribution in [3.05, 3.63) is 23.8 Å². The number of benzene rings is 1. The lowest BCUT2D eigenvalue weighted by molar-refractivity contribution is -0.140. The Morgan fingerprint density at radius 3 is 2.52 bits per heavy atom. The summed E-state index contributed by atoms with van der Waals surface area (Å²) in [6.45, 7) is 6.53. The summed E-state index contributed by atoms with van der Waals surface area (Å²) in [5.41, 5.74) is 0.0571. The Morgan fingerprint density at radius 2 is 1.93 bits per heavy atom. The maximum absolute atomic E-state index is 12.9. The minimum atomic E-state index is -0.771. The predicted molar refractivity (Wildman–Crippen MR) is 104 cm³/mol. The zero-order valence-electron chi connectivity index (χ0n) is 16.8. The first-order valence-corrected chi connectivity index (χ1v) is 9.80. The topological polar surface area (TPSA) is 73.9 Å². The molecule has 1 saturated carbocycles. The highest BCUT2D eigenvalue weighted by Gasteiger charge is 2.42. The Labute approximate surface area is 161 Å².